The van der Waals surface area contributed by atoms with Crippen LogP contribution in [0, 0.1) is 5.82 Å². The van der Waals surface area contributed by atoms with Gasteiger partial charge in [0, 0.05) is 18.4 Å². The summed E-state index contributed by atoms with van der Waals surface area (Å²) in [5.74, 6) is -1.87. The molecule has 0 radical (unpaired) electrons. The Bertz CT molecular complexity index is 1380. The molecule has 0 bridgehead atoms. The second-order valence-electron chi connectivity index (χ2n) is 6.74. The zero-order valence-corrected chi connectivity index (χ0v) is 18.8. The average Bonchev–Trinajstić information content (AvgIpc) is 2.73. The highest BCUT2D eigenvalue weighted by Crippen LogP contribution is 2.26. The van der Waals surface area contributed by atoms with E-state index >= 15 is 0 Å². The molecule has 0 spiro atoms. The van der Waals surface area contributed by atoms with Gasteiger partial charge < -0.3 is 15.4 Å². The van der Waals surface area contributed by atoms with Crippen molar-refractivity contribution in [1.82, 2.24) is 15.3 Å². The third-order valence-corrected chi connectivity index (χ3v) is 6.30. The Morgan fingerprint density at radius 2 is 1.91 bits per heavy atom. The first-order valence-corrected chi connectivity index (χ1v) is 11.6. The lowest BCUT2D eigenvalue weighted by Gasteiger charge is -2.12. The molecular weight excluding hydrogens is 484 g/mol. The van der Waals surface area contributed by atoms with Gasteiger partial charge in [-0.15, -0.1) is 0 Å². The van der Waals surface area contributed by atoms with Gasteiger partial charge in [0.1, 0.15) is 17.3 Å². The van der Waals surface area contributed by atoms with Gasteiger partial charge >= 0.3 is 0 Å². The van der Waals surface area contributed by atoms with E-state index in [1.54, 1.807) is 18.2 Å². The maximum atomic E-state index is 13.6. The molecule has 3 N–H and O–H groups in total. The summed E-state index contributed by atoms with van der Waals surface area (Å²) in [4.78, 5) is 31.2. The number of H-pyrrole nitrogens is 1. The van der Waals surface area contributed by atoms with Crippen LogP contribution < -0.4 is 10.9 Å². The summed E-state index contributed by atoms with van der Waals surface area (Å²) in [6, 6.07) is 7.64. The summed E-state index contributed by atoms with van der Waals surface area (Å²) in [5, 5.41) is 12.7. The number of aliphatic hydroxyl groups excluding tert-OH is 1. The van der Waals surface area contributed by atoms with Gasteiger partial charge in [0.2, 0.25) is 0 Å². The summed E-state index contributed by atoms with van der Waals surface area (Å²) < 4.78 is 37.8. The topological polar surface area (TPSA) is 129 Å². The molecule has 0 unspecified atom stereocenters. The van der Waals surface area contributed by atoms with Crippen LogP contribution in [0.5, 0.6) is 0 Å². The smallest absolute Gasteiger partial charge is 0.270 e. The number of halogens is 3. The molecule has 8 nitrogen and oxygen atoms in total. The SMILES string of the molecule is CS(=O)(=O)c1cc(F)ccc1-c1nc(C(=O)NCc2ccc(Cl)c(Cl)c2)c(CO)c(=O)[nH]1. The molecule has 0 aliphatic rings. The molecule has 0 fully saturated rings. The van der Waals surface area contributed by atoms with Gasteiger partial charge in [-0.3, -0.25) is 9.59 Å². The van der Waals surface area contributed by atoms with Crippen molar-refractivity contribution in [2.24, 2.45) is 0 Å². The largest absolute Gasteiger partial charge is 0.391 e. The summed E-state index contributed by atoms with van der Waals surface area (Å²) in [7, 11) is -3.89. The standard InChI is InChI=1S/C20H16Cl2FN3O5S/c1-32(30,31)16-7-11(23)3-4-12(16)18-25-17(13(9-27)19(28)26-18)20(29)24-8-10-2-5-14(21)15(22)6-10/h2-7,27H,8-9H2,1H3,(H,24,29)(H,25,26,28). The Morgan fingerprint density at radius 3 is 2.53 bits per heavy atom. The number of aromatic nitrogens is 2. The molecule has 3 rings (SSSR count). The van der Waals surface area contributed by atoms with Crippen molar-refractivity contribution >= 4 is 38.9 Å². The van der Waals surface area contributed by atoms with Gasteiger partial charge in [0.15, 0.2) is 9.84 Å². The molecule has 1 amide bonds. The number of aliphatic hydroxyl groups is 1. The number of carbonyl (C=O) groups is 1. The lowest BCUT2D eigenvalue weighted by atomic mass is 10.1. The quantitative estimate of drug-likeness (QED) is 0.478. The van der Waals surface area contributed by atoms with Crippen LogP contribution in [0.25, 0.3) is 11.4 Å². The average molecular weight is 500 g/mol. The van der Waals surface area contributed by atoms with E-state index in [2.05, 4.69) is 15.3 Å². The van der Waals surface area contributed by atoms with Crippen molar-refractivity contribution in [3.63, 3.8) is 0 Å². The number of benzene rings is 2. The first kappa shape index (κ1) is 23.9. The molecule has 0 atom stereocenters. The summed E-state index contributed by atoms with van der Waals surface area (Å²) >= 11 is 11.8. The van der Waals surface area contributed by atoms with Crippen molar-refractivity contribution in [1.29, 1.82) is 0 Å². The first-order chi connectivity index (χ1) is 15.0. The number of carbonyl (C=O) groups excluding carboxylic acids is 1. The monoisotopic (exact) mass is 499 g/mol. The van der Waals surface area contributed by atoms with Gasteiger partial charge in [-0.2, -0.15) is 0 Å². The van der Waals surface area contributed by atoms with Gasteiger partial charge in [0.05, 0.1) is 27.1 Å². The number of hydrogen-bond acceptors (Lipinski definition) is 6. The van der Waals surface area contributed by atoms with Crippen molar-refractivity contribution in [3.8, 4) is 11.4 Å². The Morgan fingerprint density at radius 1 is 1.19 bits per heavy atom. The molecule has 168 valence electrons. The van der Waals surface area contributed by atoms with Crippen LogP contribution in [-0.4, -0.2) is 35.7 Å². The molecular formula is C20H16Cl2FN3O5S. The number of nitrogens with one attached hydrogen (secondary N) is 2. The van der Waals surface area contributed by atoms with Crippen LogP contribution in [-0.2, 0) is 23.0 Å². The van der Waals surface area contributed by atoms with Gasteiger partial charge in [0.25, 0.3) is 11.5 Å². The minimum absolute atomic E-state index is 0.00946. The lowest BCUT2D eigenvalue weighted by molar-refractivity contribution is 0.0942. The van der Waals surface area contributed by atoms with Crippen LogP contribution >= 0.6 is 23.2 Å². The molecule has 0 saturated heterocycles. The molecule has 0 saturated carbocycles. The zero-order valence-electron chi connectivity index (χ0n) is 16.4. The zero-order chi connectivity index (χ0) is 23.6. The molecule has 12 heteroatoms. The van der Waals surface area contributed by atoms with Crippen molar-refractivity contribution in [3.05, 3.63) is 79.4 Å². The highest BCUT2D eigenvalue weighted by Gasteiger charge is 2.22. The summed E-state index contributed by atoms with van der Waals surface area (Å²) in [6.07, 6.45) is 0.871. The fourth-order valence-electron chi connectivity index (χ4n) is 2.87. The number of aromatic amines is 1. The van der Waals surface area contributed by atoms with Crippen LogP contribution in [0.1, 0.15) is 21.6 Å². The Kier molecular flexibility index (Phi) is 6.99. The van der Waals surface area contributed by atoms with Crippen LogP contribution in [0.4, 0.5) is 4.39 Å². The number of nitrogens with zero attached hydrogens (tertiary/aromatic N) is 1. The van der Waals surface area contributed by atoms with Crippen molar-refractivity contribution < 1.29 is 22.7 Å². The van der Waals surface area contributed by atoms with Gasteiger partial charge in [-0.05, 0) is 35.9 Å². The predicted octanol–water partition coefficient (Wildman–Crippen LogP) is 2.71. The predicted molar refractivity (Wildman–Crippen MR) is 117 cm³/mol. The second kappa shape index (κ2) is 9.37. The fourth-order valence-corrected chi connectivity index (χ4v) is 4.09. The summed E-state index contributed by atoms with van der Waals surface area (Å²) in [5.41, 5.74) is -1.06. The fraction of sp³-hybridized carbons (Fsp3) is 0.150. The highest BCUT2D eigenvalue weighted by atomic mass is 35.5. The van der Waals surface area contributed by atoms with E-state index in [-0.39, 0.29) is 28.5 Å². The van der Waals surface area contributed by atoms with E-state index in [0.717, 1.165) is 24.5 Å². The first-order valence-electron chi connectivity index (χ1n) is 8.97. The molecule has 1 aromatic heterocycles. The van der Waals surface area contributed by atoms with Crippen LogP contribution in [0.15, 0.2) is 46.1 Å². The molecule has 32 heavy (non-hydrogen) atoms. The van der Waals surface area contributed by atoms with E-state index in [1.165, 1.54) is 0 Å². The van der Waals surface area contributed by atoms with Crippen LogP contribution in [0.3, 0.4) is 0 Å². The number of hydrogen-bond donors (Lipinski definition) is 3. The molecule has 2 aromatic carbocycles. The Hall–Kier alpha value is -2.79. The molecule has 0 aliphatic heterocycles. The van der Waals surface area contributed by atoms with Gasteiger partial charge in [-0.25, -0.2) is 17.8 Å². The maximum absolute atomic E-state index is 13.6. The Balaban J connectivity index is 2.03. The van der Waals surface area contributed by atoms with E-state index in [0.29, 0.717) is 10.6 Å². The number of amides is 1. The van der Waals surface area contributed by atoms with E-state index in [1.807, 2.05) is 0 Å². The maximum Gasteiger partial charge on any atom is 0.270 e. The van der Waals surface area contributed by atoms with E-state index < -0.39 is 44.3 Å². The Labute approximate surface area is 192 Å². The normalized spacial score (nSPS) is 11.4. The van der Waals surface area contributed by atoms with Gasteiger partial charge in [-0.1, -0.05) is 29.3 Å². The number of rotatable bonds is 6. The van der Waals surface area contributed by atoms with Crippen LogP contribution in [0.2, 0.25) is 10.0 Å². The number of sulfone groups is 1. The second-order valence-corrected chi connectivity index (χ2v) is 9.54. The van der Waals surface area contributed by atoms with E-state index in [4.69, 9.17) is 23.2 Å². The molecule has 3 aromatic rings. The minimum atomic E-state index is -3.89. The van der Waals surface area contributed by atoms with Crippen molar-refractivity contribution in [2.45, 2.75) is 18.0 Å². The van der Waals surface area contributed by atoms with E-state index in [9.17, 15) is 27.5 Å². The van der Waals surface area contributed by atoms with Crippen molar-refractivity contribution in [2.75, 3.05) is 6.26 Å². The molecule has 1 heterocycles. The molecule has 0 aliphatic carbocycles. The highest BCUT2D eigenvalue weighted by molar-refractivity contribution is 7.90. The lowest BCUT2D eigenvalue weighted by Crippen LogP contribution is -2.29. The third-order valence-electron chi connectivity index (χ3n) is 4.42. The summed E-state index contributed by atoms with van der Waals surface area (Å²) in [6.45, 7) is -0.782. The third kappa shape index (κ3) is 5.16. The minimum Gasteiger partial charge on any atom is -0.391 e.